The van der Waals surface area contributed by atoms with E-state index in [2.05, 4.69) is 10.6 Å². The van der Waals surface area contributed by atoms with Crippen LogP contribution >= 0.6 is 11.6 Å². The van der Waals surface area contributed by atoms with Gasteiger partial charge in [-0.05, 0) is 38.7 Å². The Hall–Kier alpha value is -1.75. The fraction of sp³-hybridized carbons (Fsp3) is 0.467. The number of halogens is 1. The van der Waals surface area contributed by atoms with Crippen molar-refractivity contribution in [1.29, 1.82) is 0 Å². The molecular weight excluding hydrogens is 292 g/mol. The molecule has 0 spiro atoms. The monoisotopic (exact) mass is 310 g/mol. The highest BCUT2D eigenvalue weighted by Gasteiger charge is 2.39. The number of amides is 2. The Morgan fingerprint density at radius 1 is 1.33 bits per heavy atom. The molecule has 6 heteroatoms. The Bertz CT molecular complexity index is 556. The number of nitrogens with one attached hydrogen (secondary N) is 2. The van der Waals surface area contributed by atoms with Crippen LogP contribution in [0.15, 0.2) is 24.3 Å². The first-order valence-corrected chi connectivity index (χ1v) is 7.25. The number of carbonyl (C=O) groups excluding carboxylic acids is 1. The van der Waals surface area contributed by atoms with Crippen LogP contribution in [0.3, 0.4) is 0 Å². The molecule has 1 fully saturated rings. The van der Waals surface area contributed by atoms with E-state index in [1.165, 1.54) is 0 Å². The molecule has 1 aliphatic carbocycles. The van der Waals surface area contributed by atoms with E-state index < -0.39 is 18.0 Å². The van der Waals surface area contributed by atoms with E-state index in [-0.39, 0.29) is 5.54 Å². The number of benzene rings is 1. The lowest BCUT2D eigenvalue weighted by Crippen LogP contribution is -2.51. The topological polar surface area (TPSA) is 78.4 Å². The summed E-state index contributed by atoms with van der Waals surface area (Å²) in [4.78, 5) is 23.5. The first-order chi connectivity index (χ1) is 9.81. The van der Waals surface area contributed by atoms with Crippen molar-refractivity contribution in [3.05, 3.63) is 34.9 Å². The molecule has 2 rings (SSSR count). The third-order valence-corrected chi connectivity index (χ3v) is 4.12. The summed E-state index contributed by atoms with van der Waals surface area (Å²) in [5, 5.41) is 14.9. The lowest BCUT2D eigenvalue weighted by molar-refractivity contribution is -0.139. The number of hydrogen-bond donors (Lipinski definition) is 3. The second kappa shape index (κ2) is 5.93. The molecule has 3 N–H and O–H groups in total. The minimum absolute atomic E-state index is 0.312. The maximum Gasteiger partial charge on any atom is 0.331 e. The van der Waals surface area contributed by atoms with Crippen LogP contribution < -0.4 is 10.6 Å². The van der Waals surface area contributed by atoms with E-state index in [9.17, 15) is 14.7 Å². The molecule has 1 atom stereocenters. The van der Waals surface area contributed by atoms with Gasteiger partial charge in [0.1, 0.15) is 0 Å². The normalized spacial score (nSPS) is 16.1. The van der Waals surface area contributed by atoms with Crippen LogP contribution in [0.25, 0.3) is 0 Å². The molecule has 1 aromatic carbocycles. The lowest BCUT2D eigenvalue weighted by atomic mass is 9.99. The predicted molar refractivity (Wildman–Crippen MR) is 80.3 cm³/mol. The Morgan fingerprint density at radius 3 is 2.48 bits per heavy atom. The van der Waals surface area contributed by atoms with Crippen molar-refractivity contribution in [1.82, 2.24) is 10.6 Å². The molecule has 0 saturated heterocycles. The number of carboxylic acids is 1. The van der Waals surface area contributed by atoms with Gasteiger partial charge in [-0.3, -0.25) is 0 Å². The average Bonchev–Trinajstić information content (AvgIpc) is 3.20. The maximum atomic E-state index is 12.1. The van der Waals surface area contributed by atoms with Crippen molar-refractivity contribution in [2.45, 2.75) is 38.3 Å². The van der Waals surface area contributed by atoms with Crippen LogP contribution in [0.5, 0.6) is 0 Å². The molecule has 0 aromatic heterocycles. The zero-order valence-corrected chi connectivity index (χ0v) is 12.8. The highest BCUT2D eigenvalue weighted by Crippen LogP contribution is 2.39. The Labute approximate surface area is 128 Å². The molecule has 0 unspecified atom stereocenters. The standard InChI is InChI=1S/C15H19ClN2O3/c1-15(2,9-7-8-9)18-14(21)17-12(13(19)20)10-5-3-4-6-11(10)16/h3-6,9,12H,7-8H2,1-2H3,(H,19,20)(H2,17,18,21)/t12-/m1/s1. The second-order valence-electron chi connectivity index (χ2n) is 5.89. The predicted octanol–water partition coefficient (Wildman–Crippen LogP) is 2.95. The molecule has 1 aliphatic rings. The summed E-state index contributed by atoms with van der Waals surface area (Å²) in [5.74, 6) is -0.700. The molecule has 5 nitrogen and oxygen atoms in total. The lowest BCUT2D eigenvalue weighted by Gasteiger charge is -2.27. The number of rotatable bonds is 5. The van der Waals surface area contributed by atoms with Gasteiger partial charge in [-0.1, -0.05) is 29.8 Å². The highest BCUT2D eigenvalue weighted by molar-refractivity contribution is 6.31. The molecule has 21 heavy (non-hydrogen) atoms. The van der Waals surface area contributed by atoms with Crippen LogP contribution in [0.4, 0.5) is 4.79 Å². The van der Waals surface area contributed by atoms with Crippen molar-refractivity contribution in [2.75, 3.05) is 0 Å². The van der Waals surface area contributed by atoms with Gasteiger partial charge < -0.3 is 15.7 Å². The van der Waals surface area contributed by atoms with Crippen molar-refractivity contribution < 1.29 is 14.7 Å². The smallest absolute Gasteiger partial charge is 0.331 e. The van der Waals surface area contributed by atoms with Gasteiger partial charge in [0.15, 0.2) is 6.04 Å². The van der Waals surface area contributed by atoms with E-state index in [1.807, 2.05) is 13.8 Å². The molecule has 0 aliphatic heterocycles. The molecule has 0 radical (unpaired) electrons. The molecule has 0 heterocycles. The summed E-state index contributed by atoms with van der Waals surface area (Å²) in [6.45, 7) is 3.88. The summed E-state index contributed by atoms with van der Waals surface area (Å²) in [7, 11) is 0. The van der Waals surface area contributed by atoms with Crippen molar-refractivity contribution in [3.63, 3.8) is 0 Å². The molecular formula is C15H19ClN2O3. The number of aliphatic carboxylic acids is 1. The van der Waals surface area contributed by atoms with E-state index in [1.54, 1.807) is 24.3 Å². The average molecular weight is 311 g/mol. The minimum atomic E-state index is -1.17. The number of carboxylic acid groups (broad SMARTS) is 1. The summed E-state index contributed by atoms with van der Waals surface area (Å²) >= 11 is 6.01. The number of urea groups is 1. The Balaban J connectivity index is 2.08. The van der Waals surface area contributed by atoms with Gasteiger partial charge >= 0.3 is 12.0 Å². The molecule has 1 aromatic rings. The van der Waals surface area contributed by atoms with Gasteiger partial charge in [-0.15, -0.1) is 0 Å². The highest BCUT2D eigenvalue weighted by atomic mass is 35.5. The van der Waals surface area contributed by atoms with Gasteiger partial charge in [0.25, 0.3) is 0 Å². The molecule has 114 valence electrons. The van der Waals surface area contributed by atoms with Gasteiger partial charge in [0, 0.05) is 16.1 Å². The second-order valence-corrected chi connectivity index (χ2v) is 6.29. The Kier molecular flexibility index (Phi) is 4.42. The first kappa shape index (κ1) is 15.6. The minimum Gasteiger partial charge on any atom is -0.479 e. The largest absolute Gasteiger partial charge is 0.479 e. The van der Waals surface area contributed by atoms with Crippen LogP contribution in [0.2, 0.25) is 5.02 Å². The summed E-state index contributed by atoms with van der Waals surface area (Å²) < 4.78 is 0. The molecule has 2 amide bonds. The van der Waals surface area contributed by atoms with E-state index >= 15 is 0 Å². The van der Waals surface area contributed by atoms with Crippen LogP contribution in [0, 0.1) is 5.92 Å². The van der Waals surface area contributed by atoms with Crippen molar-refractivity contribution in [3.8, 4) is 0 Å². The quantitative estimate of drug-likeness (QED) is 0.782. The Morgan fingerprint density at radius 2 is 1.95 bits per heavy atom. The summed E-state index contributed by atoms with van der Waals surface area (Å²) in [6.07, 6.45) is 2.17. The molecule has 0 bridgehead atoms. The zero-order valence-electron chi connectivity index (χ0n) is 12.0. The van der Waals surface area contributed by atoms with Crippen LogP contribution in [-0.2, 0) is 4.79 Å². The maximum absolute atomic E-state index is 12.1. The fourth-order valence-corrected chi connectivity index (χ4v) is 2.59. The van der Waals surface area contributed by atoms with Crippen LogP contribution in [0.1, 0.15) is 38.3 Å². The van der Waals surface area contributed by atoms with E-state index in [4.69, 9.17) is 11.6 Å². The van der Waals surface area contributed by atoms with E-state index in [0.29, 0.717) is 16.5 Å². The SMILES string of the molecule is CC(C)(NC(=O)N[C@@H](C(=O)O)c1ccccc1Cl)C1CC1. The van der Waals surface area contributed by atoms with Crippen LogP contribution in [-0.4, -0.2) is 22.6 Å². The third kappa shape index (κ3) is 3.88. The van der Waals surface area contributed by atoms with E-state index in [0.717, 1.165) is 12.8 Å². The van der Waals surface area contributed by atoms with Gasteiger partial charge in [0.05, 0.1) is 0 Å². The summed E-state index contributed by atoms with van der Waals surface area (Å²) in [6, 6.07) is 4.91. The van der Waals surface area contributed by atoms with Crippen molar-refractivity contribution >= 4 is 23.6 Å². The molecule has 1 saturated carbocycles. The number of carbonyl (C=O) groups is 2. The first-order valence-electron chi connectivity index (χ1n) is 6.87. The third-order valence-electron chi connectivity index (χ3n) is 3.77. The number of hydrogen-bond acceptors (Lipinski definition) is 2. The van der Waals surface area contributed by atoms with Gasteiger partial charge in [0.2, 0.25) is 0 Å². The van der Waals surface area contributed by atoms with Gasteiger partial charge in [-0.25, -0.2) is 9.59 Å². The summed E-state index contributed by atoms with van der Waals surface area (Å²) in [5.41, 5.74) is 0.0270. The van der Waals surface area contributed by atoms with Gasteiger partial charge in [-0.2, -0.15) is 0 Å². The fourth-order valence-electron chi connectivity index (χ4n) is 2.35. The van der Waals surface area contributed by atoms with Crippen molar-refractivity contribution in [2.24, 2.45) is 5.92 Å². The zero-order chi connectivity index (χ0) is 15.6.